The number of nitrogens with zero attached hydrogens (tertiary/aromatic N) is 1. The average molecular weight is 310 g/mol. The summed E-state index contributed by atoms with van der Waals surface area (Å²) in [6.45, 7) is 1.78. The monoisotopic (exact) mass is 309 g/mol. The van der Waals surface area contributed by atoms with Crippen molar-refractivity contribution in [2.75, 3.05) is 6.61 Å². The Kier molecular flexibility index (Phi) is 4.80. The van der Waals surface area contributed by atoms with Crippen LogP contribution in [-0.2, 0) is 16.0 Å². The molecule has 0 aliphatic heterocycles. The fraction of sp³-hybridized carbons (Fsp3) is 0.400. The first kappa shape index (κ1) is 13.8. The van der Waals surface area contributed by atoms with Gasteiger partial charge < -0.3 is 9.84 Å². The molecule has 0 unspecified atom stereocenters. The zero-order chi connectivity index (χ0) is 13.0. The molecule has 94 valence electrons. The topological polar surface area (TPSA) is 59.4 Å². The van der Waals surface area contributed by atoms with Crippen molar-refractivity contribution in [2.45, 2.75) is 19.8 Å². The molecule has 0 atom stereocenters. The van der Waals surface area contributed by atoms with Gasteiger partial charge in [0.25, 0.3) is 6.43 Å². The largest absolute Gasteiger partial charge is 0.505 e. The van der Waals surface area contributed by atoms with Gasteiger partial charge in [-0.2, -0.15) is 0 Å². The molecule has 7 heteroatoms. The van der Waals surface area contributed by atoms with Crippen LogP contribution in [0, 0.1) is 0 Å². The number of aromatic hydroxyl groups is 1. The lowest BCUT2D eigenvalue weighted by molar-refractivity contribution is -0.142. The minimum absolute atomic E-state index is 0.0425. The number of carbonyl (C=O) groups is 1. The first-order valence-electron chi connectivity index (χ1n) is 4.77. The van der Waals surface area contributed by atoms with E-state index in [2.05, 4.69) is 25.7 Å². The molecule has 0 radical (unpaired) electrons. The van der Waals surface area contributed by atoms with Gasteiger partial charge in [0.2, 0.25) is 0 Å². The van der Waals surface area contributed by atoms with Crippen molar-refractivity contribution in [3.63, 3.8) is 0 Å². The highest BCUT2D eigenvalue weighted by atomic mass is 79.9. The molecule has 0 aliphatic carbocycles. The van der Waals surface area contributed by atoms with Crippen molar-refractivity contribution in [1.82, 2.24) is 4.98 Å². The van der Waals surface area contributed by atoms with Crippen LogP contribution in [0.1, 0.15) is 24.6 Å². The summed E-state index contributed by atoms with van der Waals surface area (Å²) in [5, 5.41) is 9.34. The summed E-state index contributed by atoms with van der Waals surface area (Å²) in [7, 11) is 0. The zero-order valence-electron chi connectivity index (χ0n) is 8.91. The van der Waals surface area contributed by atoms with Crippen molar-refractivity contribution >= 4 is 21.9 Å². The number of ether oxygens (including phenoxy) is 1. The number of pyridine rings is 1. The van der Waals surface area contributed by atoms with Crippen LogP contribution in [0.15, 0.2) is 10.7 Å². The lowest BCUT2D eigenvalue weighted by atomic mass is 10.1. The summed E-state index contributed by atoms with van der Waals surface area (Å²) in [5.41, 5.74) is -0.582. The molecule has 0 saturated heterocycles. The van der Waals surface area contributed by atoms with Gasteiger partial charge in [-0.3, -0.25) is 4.79 Å². The van der Waals surface area contributed by atoms with Gasteiger partial charge in [0.15, 0.2) is 0 Å². The summed E-state index contributed by atoms with van der Waals surface area (Å²) < 4.78 is 29.9. The number of rotatable bonds is 4. The summed E-state index contributed by atoms with van der Waals surface area (Å²) in [4.78, 5) is 14.7. The van der Waals surface area contributed by atoms with E-state index in [0.717, 1.165) is 6.07 Å². The second-order valence-corrected chi connectivity index (χ2v) is 3.88. The van der Waals surface area contributed by atoms with Crippen LogP contribution in [0.4, 0.5) is 8.78 Å². The third kappa shape index (κ3) is 3.62. The number of hydrogen-bond donors (Lipinski definition) is 1. The van der Waals surface area contributed by atoms with Crippen LogP contribution in [0.3, 0.4) is 0 Å². The molecule has 0 aliphatic rings. The first-order valence-corrected chi connectivity index (χ1v) is 5.57. The lowest BCUT2D eigenvalue weighted by Gasteiger charge is -2.09. The summed E-state index contributed by atoms with van der Waals surface area (Å²) in [6.07, 6.45) is -3.17. The molecule has 1 heterocycles. The van der Waals surface area contributed by atoms with E-state index < -0.39 is 18.1 Å². The normalized spacial score (nSPS) is 10.6. The van der Waals surface area contributed by atoms with Gasteiger partial charge in [-0.25, -0.2) is 13.8 Å². The van der Waals surface area contributed by atoms with E-state index in [1.807, 2.05) is 0 Å². The van der Waals surface area contributed by atoms with Crippen molar-refractivity contribution in [3.05, 3.63) is 21.9 Å². The van der Waals surface area contributed by atoms with Gasteiger partial charge >= 0.3 is 5.97 Å². The maximum absolute atomic E-state index is 12.7. The van der Waals surface area contributed by atoms with Gasteiger partial charge in [-0.15, -0.1) is 0 Å². The van der Waals surface area contributed by atoms with Crippen molar-refractivity contribution in [3.8, 4) is 5.75 Å². The van der Waals surface area contributed by atoms with E-state index in [1.165, 1.54) is 0 Å². The quantitative estimate of drug-likeness (QED) is 0.686. The molecular formula is C10H10BrF2NO3. The molecule has 1 rings (SSSR count). The van der Waals surface area contributed by atoms with Crippen LogP contribution in [-0.4, -0.2) is 22.7 Å². The Bertz CT molecular complexity index is 426. The standard InChI is InChI=1S/C10H10BrF2NO3/c1-2-17-7(16)4-5-3-6(15)9(11)14-8(5)10(12)13/h3,10,15H,2,4H2,1H3. The molecule has 0 spiro atoms. The van der Waals surface area contributed by atoms with Gasteiger partial charge in [0.05, 0.1) is 13.0 Å². The molecule has 17 heavy (non-hydrogen) atoms. The minimum atomic E-state index is -2.82. The molecule has 1 aromatic heterocycles. The smallest absolute Gasteiger partial charge is 0.310 e. The number of esters is 1. The number of aromatic nitrogens is 1. The zero-order valence-corrected chi connectivity index (χ0v) is 10.5. The Labute approximate surface area is 105 Å². The minimum Gasteiger partial charge on any atom is -0.505 e. The second kappa shape index (κ2) is 5.90. The highest BCUT2D eigenvalue weighted by Crippen LogP contribution is 2.29. The number of carbonyl (C=O) groups excluding carboxylic acids is 1. The molecule has 0 amide bonds. The van der Waals surface area contributed by atoms with E-state index in [-0.39, 0.29) is 28.9 Å². The summed E-state index contributed by atoms with van der Waals surface area (Å²) >= 11 is 2.83. The van der Waals surface area contributed by atoms with Crippen LogP contribution in [0.5, 0.6) is 5.75 Å². The van der Waals surface area contributed by atoms with Crippen LogP contribution < -0.4 is 0 Å². The van der Waals surface area contributed by atoms with E-state index in [9.17, 15) is 18.7 Å². The van der Waals surface area contributed by atoms with E-state index in [4.69, 9.17) is 0 Å². The lowest BCUT2D eigenvalue weighted by Crippen LogP contribution is -2.10. The Morgan fingerprint density at radius 2 is 2.29 bits per heavy atom. The fourth-order valence-corrected chi connectivity index (χ4v) is 1.54. The summed E-state index contributed by atoms with van der Waals surface area (Å²) in [5.74, 6) is -0.938. The van der Waals surface area contributed by atoms with Gasteiger partial charge in [-0.05, 0) is 34.5 Å². The molecule has 4 nitrogen and oxygen atoms in total. The highest BCUT2D eigenvalue weighted by Gasteiger charge is 2.20. The van der Waals surface area contributed by atoms with Gasteiger partial charge in [0.1, 0.15) is 16.0 Å². The molecule has 0 bridgehead atoms. The SMILES string of the molecule is CCOC(=O)Cc1cc(O)c(Br)nc1C(F)F. The number of alkyl halides is 2. The molecule has 0 aromatic carbocycles. The van der Waals surface area contributed by atoms with E-state index in [0.29, 0.717) is 0 Å². The Morgan fingerprint density at radius 1 is 1.65 bits per heavy atom. The maximum Gasteiger partial charge on any atom is 0.310 e. The number of halogens is 3. The summed E-state index contributed by atoms with van der Waals surface area (Å²) in [6, 6.07) is 1.08. The molecule has 1 N–H and O–H groups in total. The Morgan fingerprint density at radius 3 is 2.82 bits per heavy atom. The van der Waals surface area contributed by atoms with Crippen molar-refractivity contribution in [2.24, 2.45) is 0 Å². The van der Waals surface area contributed by atoms with E-state index in [1.54, 1.807) is 6.92 Å². The first-order chi connectivity index (χ1) is 7.95. The second-order valence-electron chi connectivity index (χ2n) is 3.13. The highest BCUT2D eigenvalue weighted by molar-refractivity contribution is 9.10. The number of hydrogen-bond acceptors (Lipinski definition) is 4. The maximum atomic E-state index is 12.7. The molecule has 1 aromatic rings. The fourth-order valence-electron chi connectivity index (χ4n) is 1.23. The molecular weight excluding hydrogens is 300 g/mol. The predicted molar refractivity (Wildman–Crippen MR) is 58.9 cm³/mol. The van der Waals surface area contributed by atoms with Gasteiger partial charge in [-0.1, -0.05) is 0 Å². The van der Waals surface area contributed by atoms with Gasteiger partial charge in [0, 0.05) is 0 Å². The van der Waals surface area contributed by atoms with Crippen LogP contribution in [0.2, 0.25) is 0 Å². The molecule has 0 fully saturated rings. The van der Waals surface area contributed by atoms with Crippen LogP contribution in [0.25, 0.3) is 0 Å². The Hall–Kier alpha value is -1.24. The predicted octanol–water partition coefficient (Wildman–Crippen LogP) is 2.59. The van der Waals surface area contributed by atoms with Crippen LogP contribution >= 0.6 is 15.9 Å². The third-order valence-corrected chi connectivity index (χ3v) is 2.50. The Balaban J connectivity index is 3.04. The average Bonchev–Trinajstić information content (AvgIpc) is 2.23. The molecule has 0 saturated carbocycles. The third-order valence-electron chi connectivity index (χ3n) is 1.92. The van der Waals surface area contributed by atoms with Crippen molar-refractivity contribution < 1.29 is 23.4 Å². The van der Waals surface area contributed by atoms with E-state index >= 15 is 0 Å². The van der Waals surface area contributed by atoms with Crippen molar-refractivity contribution in [1.29, 1.82) is 0 Å².